The van der Waals surface area contributed by atoms with Crippen molar-refractivity contribution in [1.29, 1.82) is 0 Å². The fraction of sp³-hybridized carbons (Fsp3) is 0.385. The normalized spacial score (nSPS) is 16.2. The molecule has 0 radical (unpaired) electrons. The summed E-state index contributed by atoms with van der Waals surface area (Å²) in [5, 5.41) is 0. The molecule has 68 valence electrons. The Balaban J connectivity index is 2.21. The summed E-state index contributed by atoms with van der Waals surface area (Å²) < 4.78 is 0. The van der Waals surface area contributed by atoms with Gasteiger partial charge in [-0.1, -0.05) is 41.5 Å². The second kappa shape index (κ2) is 3.78. The molecule has 0 nitrogen and oxygen atoms in total. The molecule has 0 heteroatoms. The highest BCUT2D eigenvalue weighted by Gasteiger charge is 2.05. The van der Waals surface area contributed by atoms with Crippen LogP contribution in [0.3, 0.4) is 0 Å². The summed E-state index contributed by atoms with van der Waals surface area (Å²) in [6.45, 7) is 2.15. The van der Waals surface area contributed by atoms with Crippen LogP contribution in [-0.4, -0.2) is 0 Å². The first kappa shape index (κ1) is 8.55. The van der Waals surface area contributed by atoms with Crippen molar-refractivity contribution in [2.75, 3.05) is 0 Å². The summed E-state index contributed by atoms with van der Waals surface area (Å²) in [6, 6.07) is 8.73. The Bertz CT molecular complexity index is 313. The molecule has 0 N–H and O–H groups in total. The third-order valence-electron chi connectivity index (χ3n) is 2.66. The van der Waals surface area contributed by atoms with Gasteiger partial charge in [0, 0.05) is 0 Å². The fourth-order valence-electron chi connectivity index (χ4n) is 1.97. The first-order valence-corrected chi connectivity index (χ1v) is 5.11. The minimum absolute atomic E-state index is 1.31. The lowest BCUT2D eigenvalue weighted by molar-refractivity contribution is 0.886. The monoisotopic (exact) mass is 172 g/mol. The second-order valence-corrected chi connectivity index (χ2v) is 3.92. The summed E-state index contributed by atoms with van der Waals surface area (Å²) in [7, 11) is 0. The number of hydrogen-bond acceptors (Lipinski definition) is 0. The second-order valence-electron chi connectivity index (χ2n) is 3.92. The van der Waals surface area contributed by atoms with Crippen LogP contribution >= 0.6 is 0 Å². The number of rotatable bonds is 1. The molecule has 0 spiro atoms. The minimum atomic E-state index is 1.31. The molecule has 1 aromatic rings. The molecule has 0 saturated heterocycles. The molecule has 0 unspecified atom stereocenters. The molecule has 0 amide bonds. The summed E-state index contributed by atoms with van der Waals surface area (Å²) >= 11 is 0. The third kappa shape index (κ3) is 2.21. The van der Waals surface area contributed by atoms with E-state index in [9.17, 15) is 0 Å². The first-order chi connectivity index (χ1) is 6.34. The number of allylic oxidation sites excluding steroid dienone is 1. The Morgan fingerprint density at radius 2 is 1.92 bits per heavy atom. The van der Waals surface area contributed by atoms with Crippen molar-refractivity contribution in [3.05, 3.63) is 41.0 Å². The van der Waals surface area contributed by atoms with Crippen LogP contribution in [0.1, 0.15) is 36.8 Å². The molecule has 0 atom stereocenters. The van der Waals surface area contributed by atoms with Crippen LogP contribution < -0.4 is 0 Å². The van der Waals surface area contributed by atoms with Crippen molar-refractivity contribution in [1.82, 2.24) is 0 Å². The Hall–Kier alpha value is -1.04. The highest BCUT2D eigenvalue weighted by atomic mass is 14.1. The molecule has 0 aromatic heterocycles. The van der Waals surface area contributed by atoms with Gasteiger partial charge in [0.15, 0.2) is 0 Å². The van der Waals surface area contributed by atoms with Crippen molar-refractivity contribution in [3.8, 4) is 0 Å². The zero-order valence-corrected chi connectivity index (χ0v) is 8.22. The third-order valence-corrected chi connectivity index (χ3v) is 2.66. The van der Waals surface area contributed by atoms with Crippen LogP contribution in [0.4, 0.5) is 0 Å². The van der Waals surface area contributed by atoms with Crippen LogP contribution in [0.15, 0.2) is 29.8 Å². The largest absolute Gasteiger partial charge is 0.0696 e. The topological polar surface area (TPSA) is 0 Å². The van der Waals surface area contributed by atoms with Crippen LogP contribution in [0, 0.1) is 6.92 Å². The molecular formula is C13H16. The predicted molar refractivity (Wildman–Crippen MR) is 57.6 cm³/mol. The molecule has 1 aliphatic rings. The zero-order valence-electron chi connectivity index (χ0n) is 8.22. The Labute approximate surface area is 80.3 Å². The molecule has 0 bridgehead atoms. The van der Waals surface area contributed by atoms with Gasteiger partial charge in [-0.05, 0) is 38.2 Å². The maximum absolute atomic E-state index is 2.36. The highest BCUT2D eigenvalue weighted by Crippen LogP contribution is 2.25. The molecule has 2 rings (SSSR count). The van der Waals surface area contributed by atoms with E-state index in [4.69, 9.17) is 0 Å². The van der Waals surface area contributed by atoms with Gasteiger partial charge in [-0.15, -0.1) is 0 Å². The van der Waals surface area contributed by atoms with E-state index in [1.807, 2.05) is 0 Å². The molecule has 0 heterocycles. The molecule has 13 heavy (non-hydrogen) atoms. The lowest BCUT2D eigenvalue weighted by Gasteiger charge is -1.98. The average molecular weight is 172 g/mol. The quantitative estimate of drug-likeness (QED) is 0.601. The van der Waals surface area contributed by atoms with Gasteiger partial charge in [-0.2, -0.15) is 0 Å². The fourth-order valence-corrected chi connectivity index (χ4v) is 1.97. The van der Waals surface area contributed by atoms with Crippen molar-refractivity contribution in [3.63, 3.8) is 0 Å². The minimum Gasteiger partial charge on any atom is -0.0696 e. The first-order valence-electron chi connectivity index (χ1n) is 5.11. The van der Waals surface area contributed by atoms with Crippen LogP contribution in [0.25, 0.3) is 6.08 Å². The van der Waals surface area contributed by atoms with Crippen LogP contribution in [-0.2, 0) is 0 Å². The molecule has 1 fully saturated rings. The summed E-state index contributed by atoms with van der Waals surface area (Å²) in [6.07, 6.45) is 7.76. The van der Waals surface area contributed by atoms with Gasteiger partial charge in [0.2, 0.25) is 0 Å². The zero-order chi connectivity index (χ0) is 9.10. The van der Waals surface area contributed by atoms with Crippen molar-refractivity contribution in [2.45, 2.75) is 32.6 Å². The molecule has 1 aromatic carbocycles. The van der Waals surface area contributed by atoms with Gasteiger partial charge >= 0.3 is 0 Å². The van der Waals surface area contributed by atoms with E-state index in [2.05, 4.69) is 37.3 Å². The summed E-state index contributed by atoms with van der Waals surface area (Å²) in [5.74, 6) is 0. The maximum Gasteiger partial charge on any atom is -0.0254 e. The number of benzene rings is 1. The van der Waals surface area contributed by atoms with E-state index in [-0.39, 0.29) is 0 Å². The van der Waals surface area contributed by atoms with E-state index < -0.39 is 0 Å². The van der Waals surface area contributed by atoms with Gasteiger partial charge in [0.25, 0.3) is 0 Å². The van der Waals surface area contributed by atoms with E-state index in [1.54, 1.807) is 5.57 Å². The average Bonchev–Trinajstić information content (AvgIpc) is 2.57. The molecular weight excluding hydrogens is 156 g/mol. The molecule has 1 saturated carbocycles. The van der Waals surface area contributed by atoms with Crippen molar-refractivity contribution < 1.29 is 0 Å². The van der Waals surface area contributed by atoms with E-state index >= 15 is 0 Å². The number of hydrogen-bond donors (Lipinski definition) is 0. The molecule has 1 aliphatic carbocycles. The van der Waals surface area contributed by atoms with Gasteiger partial charge in [-0.3, -0.25) is 0 Å². The maximum atomic E-state index is 2.36. The van der Waals surface area contributed by atoms with E-state index in [0.29, 0.717) is 0 Å². The lowest BCUT2D eigenvalue weighted by Crippen LogP contribution is -1.77. The Morgan fingerprint density at radius 1 is 1.15 bits per heavy atom. The van der Waals surface area contributed by atoms with Crippen molar-refractivity contribution in [2.24, 2.45) is 0 Å². The smallest absolute Gasteiger partial charge is 0.0254 e. The summed E-state index contributed by atoms with van der Waals surface area (Å²) in [5.41, 5.74) is 4.36. The predicted octanol–water partition coefficient (Wildman–Crippen LogP) is 3.95. The standard InChI is InChI=1S/C13H16/c1-11-5-4-8-13(9-11)10-12-6-2-3-7-12/h4-5,8-10H,2-3,6-7H2,1H3. The van der Waals surface area contributed by atoms with Gasteiger partial charge in [-0.25, -0.2) is 0 Å². The Kier molecular flexibility index (Phi) is 2.49. The molecule has 0 aliphatic heterocycles. The lowest BCUT2D eigenvalue weighted by atomic mass is 10.1. The number of aryl methyl sites for hydroxylation is 1. The summed E-state index contributed by atoms with van der Waals surface area (Å²) in [4.78, 5) is 0. The van der Waals surface area contributed by atoms with Gasteiger partial charge in [0.1, 0.15) is 0 Å². The van der Waals surface area contributed by atoms with E-state index in [0.717, 1.165) is 0 Å². The van der Waals surface area contributed by atoms with E-state index in [1.165, 1.54) is 36.8 Å². The Morgan fingerprint density at radius 3 is 2.62 bits per heavy atom. The van der Waals surface area contributed by atoms with Crippen LogP contribution in [0.2, 0.25) is 0 Å². The van der Waals surface area contributed by atoms with Crippen molar-refractivity contribution >= 4 is 6.08 Å². The van der Waals surface area contributed by atoms with Gasteiger partial charge < -0.3 is 0 Å². The van der Waals surface area contributed by atoms with Gasteiger partial charge in [0.05, 0.1) is 0 Å². The SMILES string of the molecule is Cc1cccc(C=C2CCCC2)c1. The highest BCUT2D eigenvalue weighted by molar-refractivity contribution is 5.54. The van der Waals surface area contributed by atoms with Crippen LogP contribution in [0.5, 0.6) is 0 Å².